The molecule has 2 rings (SSSR count). The lowest BCUT2D eigenvalue weighted by molar-refractivity contribution is -0.112. The molecule has 0 bridgehead atoms. The maximum absolute atomic E-state index is 12.4. The molecule has 0 saturated carbocycles. The summed E-state index contributed by atoms with van der Waals surface area (Å²) in [6.07, 6.45) is 1.33. The van der Waals surface area contributed by atoms with Crippen LogP contribution in [0.1, 0.15) is 5.56 Å². The van der Waals surface area contributed by atoms with Crippen LogP contribution in [0.3, 0.4) is 0 Å². The Kier molecular flexibility index (Phi) is 6.34. The zero-order chi connectivity index (χ0) is 19.3. The van der Waals surface area contributed by atoms with Gasteiger partial charge < -0.3 is 19.9 Å². The third kappa shape index (κ3) is 4.39. The van der Waals surface area contributed by atoms with E-state index in [1.165, 1.54) is 44.6 Å². The Morgan fingerprint density at radius 1 is 1.19 bits per heavy atom. The van der Waals surface area contributed by atoms with Crippen molar-refractivity contribution < 1.29 is 19.4 Å². The molecule has 0 heterocycles. The maximum Gasteiger partial charge on any atom is 0.266 e. The van der Waals surface area contributed by atoms with Gasteiger partial charge in [0, 0.05) is 5.02 Å². The summed E-state index contributed by atoms with van der Waals surface area (Å²) in [6.45, 7) is 0. The van der Waals surface area contributed by atoms with E-state index >= 15 is 0 Å². The average Bonchev–Trinajstić information content (AvgIpc) is 2.63. The molecular weight excluding hydrogens is 379 g/mol. The number of anilines is 1. The monoisotopic (exact) mass is 392 g/mol. The fourth-order valence-electron chi connectivity index (χ4n) is 2.10. The standard InChI is InChI=1S/C18H14Cl2N2O4/c1-25-15-6-10(7-16(26-2)17(15)23)5-11(9-21)18(24)22-14-8-12(19)3-4-13(14)20/h3-8,23H,1-2H3,(H,22,24)/b11-5+. The van der Waals surface area contributed by atoms with Crippen LogP contribution in [-0.4, -0.2) is 25.2 Å². The van der Waals surface area contributed by atoms with Gasteiger partial charge in [-0.3, -0.25) is 4.79 Å². The van der Waals surface area contributed by atoms with Crippen molar-refractivity contribution in [2.24, 2.45) is 0 Å². The number of hydrogen-bond acceptors (Lipinski definition) is 5. The number of carbonyl (C=O) groups excluding carboxylic acids is 1. The van der Waals surface area contributed by atoms with E-state index in [2.05, 4.69) is 5.32 Å². The predicted molar refractivity (Wildman–Crippen MR) is 99.9 cm³/mol. The lowest BCUT2D eigenvalue weighted by Gasteiger charge is -2.10. The third-order valence-corrected chi connectivity index (χ3v) is 3.92. The Bertz CT molecular complexity index is 895. The molecule has 0 radical (unpaired) electrons. The molecule has 0 aliphatic carbocycles. The summed E-state index contributed by atoms with van der Waals surface area (Å²) >= 11 is 11.9. The summed E-state index contributed by atoms with van der Waals surface area (Å²) in [7, 11) is 2.75. The van der Waals surface area contributed by atoms with Gasteiger partial charge >= 0.3 is 0 Å². The molecule has 0 spiro atoms. The molecule has 2 N–H and O–H groups in total. The van der Waals surface area contributed by atoms with E-state index in [1.54, 1.807) is 6.07 Å². The number of phenolic OH excluding ortho intramolecular Hbond substituents is 1. The first-order valence-electron chi connectivity index (χ1n) is 7.22. The molecule has 1 amide bonds. The van der Waals surface area contributed by atoms with E-state index in [4.69, 9.17) is 32.7 Å². The third-order valence-electron chi connectivity index (χ3n) is 3.35. The normalized spacial score (nSPS) is 10.8. The van der Waals surface area contributed by atoms with Gasteiger partial charge in [-0.25, -0.2) is 0 Å². The molecule has 0 fully saturated rings. The molecule has 0 aromatic heterocycles. The number of nitriles is 1. The number of nitrogens with zero attached hydrogens (tertiary/aromatic N) is 1. The van der Waals surface area contributed by atoms with Gasteiger partial charge in [0.05, 0.1) is 24.9 Å². The van der Waals surface area contributed by atoms with Crippen LogP contribution in [-0.2, 0) is 4.79 Å². The number of rotatable bonds is 5. The molecular formula is C18H14Cl2N2O4. The SMILES string of the molecule is COc1cc(/C=C(\C#N)C(=O)Nc2cc(Cl)ccc2Cl)cc(OC)c1O. The van der Waals surface area contributed by atoms with Crippen molar-refractivity contribution in [1.29, 1.82) is 5.26 Å². The minimum Gasteiger partial charge on any atom is -0.502 e. The molecule has 0 unspecified atom stereocenters. The quantitative estimate of drug-likeness (QED) is 0.585. The Balaban J connectivity index is 2.37. The van der Waals surface area contributed by atoms with Crippen LogP contribution in [0.5, 0.6) is 17.2 Å². The summed E-state index contributed by atoms with van der Waals surface area (Å²) in [5.74, 6) is -0.555. The Labute approximate surface area is 160 Å². The van der Waals surface area contributed by atoms with Gasteiger partial charge in [-0.15, -0.1) is 0 Å². The number of nitrogens with one attached hydrogen (secondary N) is 1. The van der Waals surface area contributed by atoms with Gasteiger partial charge in [0.15, 0.2) is 11.5 Å². The van der Waals surface area contributed by atoms with Crippen molar-refractivity contribution in [1.82, 2.24) is 0 Å². The largest absolute Gasteiger partial charge is 0.502 e. The van der Waals surface area contributed by atoms with Gasteiger partial charge in [-0.2, -0.15) is 5.26 Å². The average molecular weight is 393 g/mol. The number of carbonyl (C=O) groups is 1. The summed E-state index contributed by atoms with van der Waals surface area (Å²) in [4.78, 5) is 12.4. The van der Waals surface area contributed by atoms with E-state index in [0.717, 1.165) is 0 Å². The number of halogens is 2. The highest BCUT2D eigenvalue weighted by Gasteiger charge is 2.15. The van der Waals surface area contributed by atoms with Crippen LogP contribution < -0.4 is 14.8 Å². The van der Waals surface area contributed by atoms with Gasteiger partial charge in [-0.1, -0.05) is 23.2 Å². The zero-order valence-electron chi connectivity index (χ0n) is 13.8. The number of phenols is 1. The van der Waals surface area contributed by atoms with E-state index in [-0.39, 0.29) is 33.5 Å². The van der Waals surface area contributed by atoms with Crippen molar-refractivity contribution in [2.75, 3.05) is 19.5 Å². The maximum atomic E-state index is 12.4. The molecule has 0 saturated heterocycles. The van der Waals surface area contributed by atoms with Gasteiger partial charge in [-0.05, 0) is 42.0 Å². The van der Waals surface area contributed by atoms with E-state index < -0.39 is 5.91 Å². The van der Waals surface area contributed by atoms with E-state index in [1.807, 2.05) is 6.07 Å². The molecule has 0 aliphatic rings. The minimum absolute atomic E-state index is 0.145. The second-order valence-corrected chi connectivity index (χ2v) is 5.87. The summed E-state index contributed by atoms with van der Waals surface area (Å²) in [5.41, 5.74) is 0.530. The smallest absolute Gasteiger partial charge is 0.266 e. The fourth-order valence-corrected chi connectivity index (χ4v) is 2.43. The predicted octanol–water partition coefficient (Wildman–Crippen LogP) is 4.26. The fraction of sp³-hybridized carbons (Fsp3) is 0.111. The number of hydrogen-bond donors (Lipinski definition) is 2. The molecule has 134 valence electrons. The molecule has 0 aliphatic heterocycles. The van der Waals surface area contributed by atoms with E-state index in [9.17, 15) is 15.2 Å². The molecule has 26 heavy (non-hydrogen) atoms. The van der Waals surface area contributed by atoms with Crippen molar-refractivity contribution in [2.45, 2.75) is 0 Å². The van der Waals surface area contributed by atoms with Gasteiger partial charge in [0.1, 0.15) is 11.6 Å². The molecule has 0 atom stereocenters. The van der Waals surface area contributed by atoms with Crippen molar-refractivity contribution in [3.8, 4) is 23.3 Å². The molecule has 2 aromatic carbocycles. The highest BCUT2D eigenvalue weighted by molar-refractivity contribution is 6.36. The Morgan fingerprint density at radius 3 is 2.35 bits per heavy atom. The topological polar surface area (TPSA) is 91.6 Å². The number of benzene rings is 2. The van der Waals surface area contributed by atoms with Crippen LogP contribution in [0.4, 0.5) is 5.69 Å². The van der Waals surface area contributed by atoms with Crippen molar-refractivity contribution >= 4 is 40.9 Å². The second-order valence-electron chi connectivity index (χ2n) is 5.02. The first-order valence-corrected chi connectivity index (χ1v) is 7.98. The number of ether oxygens (including phenoxy) is 2. The highest BCUT2D eigenvalue weighted by atomic mass is 35.5. The molecule has 6 nitrogen and oxygen atoms in total. The highest BCUT2D eigenvalue weighted by Crippen LogP contribution is 2.37. The van der Waals surface area contributed by atoms with Gasteiger partial charge in [0.25, 0.3) is 5.91 Å². The van der Waals surface area contributed by atoms with Crippen LogP contribution in [0.25, 0.3) is 6.08 Å². The lowest BCUT2D eigenvalue weighted by Crippen LogP contribution is -2.13. The number of amides is 1. The lowest BCUT2D eigenvalue weighted by atomic mass is 10.1. The van der Waals surface area contributed by atoms with Gasteiger partial charge in [0.2, 0.25) is 5.75 Å². The summed E-state index contributed by atoms with van der Waals surface area (Å²) < 4.78 is 10.1. The molecule has 2 aromatic rings. The Hall–Kier alpha value is -2.88. The van der Waals surface area contributed by atoms with E-state index in [0.29, 0.717) is 10.6 Å². The minimum atomic E-state index is -0.664. The van der Waals surface area contributed by atoms with Crippen LogP contribution in [0.15, 0.2) is 35.9 Å². The van der Waals surface area contributed by atoms with Crippen LogP contribution >= 0.6 is 23.2 Å². The molecule has 8 heteroatoms. The Morgan fingerprint density at radius 2 is 1.81 bits per heavy atom. The zero-order valence-corrected chi connectivity index (χ0v) is 15.4. The summed E-state index contributed by atoms with van der Waals surface area (Å²) in [5, 5.41) is 22.4. The summed E-state index contributed by atoms with van der Waals surface area (Å²) in [6, 6.07) is 9.34. The second kappa shape index (κ2) is 8.48. The van der Waals surface area contributed by atoms with Crippen LogP contribution in [0, 0.1) is 11.3 Å². The number of methoxy groups -OCH3 is 2. The first-order chi connectivity index (χ1) is 12.4. The van der Waals surface area contributed by atoms with Crippen molar-refractivity contribution in [3.05, 3.63) is 51.5 Å². The first kappa shape index (κ1) is 19.4. The van der Waals surface area contributed by atoms with Crippen molar-refractivity contribution in [3.63, 3.8) is 0 Å². The number of aromatic hydroxyl groups is 1. The van der Waals surface area contributed by atoms with Crippen LogP contribution in [0.2, 0.25) is 10.0 Å².